The van der Waals surface area contributed by atoms with Crippen molar-refractivity contribution in [1.29, 1.82) is 5.26 Å². The Morgan fingerprint density at radius 1 is 1.14 bits per heavy atom. The van der Waals surface area contributed by atoms with Crippen LogP contribution in [0.4, 0.5) is 19.3 Å². The molecular formula is C37H38F2N6O4. The number of carbonyl (C=O) groups is 2. The second-order valence-electron chi connectivity index (χ2n) is 15.2. The molecule has 1 aliphatic heterocycles. The Bertz CT molecular complexity index is 2040. The zero-order valence-electron chi connectivity index (χ0n) is 28.2. The number of nitriles is 1. The summed E-state index contributed by atoms with van der Waals surface area (Å²) in [7, 11) is 0. The van der Waals surface area contributed by atoms with E-state index < -0.39 is 23.3 Å². The highest BCUT2D eigenvalue weighted by atomic mass is 19.2. The number of rotatable bonds is 8. The number of nitrogens with one attached hydrogen (secondary N) is 1. The molecule has 1 N–H and O–H groups in total. The van der Waals surface area contributed by atoms with Crippen molar-refractivity contribution in [3.63, 3.8) is 0 Å². The number of benzene rings is 2. The predicted molar refractivity (Wildman–Crippen MR) is 178 cm³/mol. The van der Waals surface area contributed by atoms with Gasteiger partial charge in [0.25, 0.3) is 5.91 Å². The molecular weight excluding hydrogens is 630 g/mol. The molecule has 12 heteroatoms. The zero-order chi connectivity index (χ0) is 34.9. The van der Waals surface area contributed by atoms with Crippen molar-refractivity contribution in [3.05, 3.63) is 71.1 Å². The van der Waals surface area contributed by atoms with E-state index in [1.165, 1.54) is 11.0 Å². The summed E-state index contributed by atoms with van der Waals surface area (Å²) >= 11 is 0. The number of hydrogen-bond donors (Lipinski definition) is 1. The highest BCUT2D eigenvalue weighted by Crippen LogP contribution is 2.68. The predicted octanol–water partition coefficient (Wildman–Crippen LogP) is 6.82. The van der Waals surface area contributed by atoms with Crippen LogP contribution >= 0.6 is 0 Å². The Morgan fingerprint density at radius 2 is 1.90 bits per heavy atom. The van der Waals surface area contributed by atoms with Gasteiger partial charge in [0.15, 0.2) is 23.9 Å². The lowest BCUT2D eigenvalue weighted by molar-refractivity contribution is -0.162. The van der Waals surface area contributed by atoms with Crippen LogP contribution in [0.5, 0.6) is 5.75 Å². The van der Waals surface area contributed by atoms with Gasteiger partial charge in [-0.2, -0.15) is 10.4 Å². The first kappa shape index (κ1) is 32.5. The normalized spacial score (nSPS) is 21.0. The van der Waals surface area contributed by atoms with E-state index in [1.807, 2.05) is 31.5 Å². The number of alkyl carbamates (subject to hydrolysis) is 1. The summed E-state index contributed by atoms with van der Waals surface area (Å²) < 4.78 is 40.8. The van der Waals surface area contributed by atoms with Crippen LogP contribution in [-0.4, -0.2) is 44.5 Å². The van der Waals surface area contributed by atoms with Gasteiger partial charge in [0, 0.05) is 23.0 Å². The standard InChI is InChI=1S/C37H38F2N6O4/c1-21(2)10-28-24(13-40)32(23-7-9-29-30(12-23)48-16-31(46)44(29)15-22-6-8-26(38)27(39)11-22)25-14-41-45(33(25)42-28)20-36-17-37(18-36,19-36)43-34(47)49-35(3,4)5/h6-9,11-12,14,21H,10,15-20H2,1-5H3,(H,43,47). The summed E-state index contributed by atoms with van der Waals surface area (Å²) in [6.45, 7) is 10.1. The van der Waals surface area contributed by atoms with Crippen LogP contribution < -0.4 is 15.0 Å². The fourth-order valence-electron chi connectivity index (χ4n) is 7.70. The average Bonchev–Trinajstić information content (AvgIpc) is 3.38. The van der Waals surface area contributed by atoms with Gasteiger partial charge in [0.05, 0.1) is 29.7 Å². The number of amides is 2. The van der Waals surface area contributed by atoms with Crippen molar-refractivity contribution in [2.45, 2.75) is 84.5 Å². The van der Waals surface area contributed by atoms with Crippen LogP contribution in [0.3, 0.4) is 0 Å². The third kappa shape index (κ3) is 5.96. The van der Waals surface area contributed by atoms with E-state index in [-0.39, 0.29) is 35.9 Å². The number of ether oxygens (including phenoxy) is 2. The lowest BCUT2D eigenvalue weighted by atomic mass is 9.39. The Kier molecular flexibility index (Phi) is 7.65. The minimum Gasteiger partial charge on any atom is -0.482 e. The second kappa shape index (κ2) is 11.5. The average molecular weight is 669 g/mol. The maximum absolute atomic E-state index is 13.9. The second-order valence-corrected chi connectivity index (χ2v) is 15.2. The van der Waals surface area contributed by atoms with E-state index in [0.717, 1.165) is 36.8 Å². The molecule has 3 fully saturated rings. The van der Waals surface area contributed by atoms with Gasteiger partial charge in [0.1, 0.15) is 17.4 Å². The SMILES string of the molecule is CC(C)Cc1nc2c(cnn2CC23CC(NC(=O)OC(C)(C)C)(C2)C3)c(-c2ccc3c(c2)OCC(=O)N3Cc2ccc(F)c(F)c2)c1C#N. The molecule has 3 saturated carbocycles. The van der Waals surface area contributed by atoms with Gasteiger partial charge in [-0.15, -0.1) is 0 Å². The van der Waals surface area contributed by atoms with Crippen molar-refractivity contribution < 1.29 is 27.8 Å². The van der Waals surface area contributed by atoms with Gasteiger partial charge in [0.2, 0.25) is 0 Å². The number of anilines is 1. The van der Waals surface area contributed by atoms with Gasteiger partial charge >= 0.3 is 6.09 Å². The molecule has 10 nitrogen and oxygen atoms in total. The quantitative estimate of drug-likeness (QED) is 0.219. The molecule has 3 aliphatic carbocycles. The summed E-state index contributed by atoms with van der Waals surface area (Å²) in [5.74, 6) is -1.58. The van der Waals surface area contributed by atoms with Crippen molar-refractivity contribution in [3.8, 4) is 22.9 Å². The van der Waals surface area contributed by atoms with Crippen molar-refractivity contribution in [1.82, 2.24) is 20.1 Å². The van der Waals surface area contributed by atoms with Crippen LogP contribution in [0.15, 0.2) is 42.6 Å². The molecule has 254 valence electrons. The van der Waals surface area contributed by atoms with Crippen LogP contribution in [0.2, 0.25) is 0 Å². The summed E-state index contributed by atoms with van der Waals surface area (Å²) in [4.78, 5) is 31.8. The molecule has 4 aromatic rings. The van der Waals surface area contributed by atoms with Gasteiger partial charge in [-0.25, -0.2) is 23.2 Å². The Labute approximate surface area is 283 Å². The largest absolute Gasteiger partial charge is 0.482 e. The smallest absolute Gasteiger partial charge is 0.408 e. The van der Waals surface area contributed by atoms with Crippen LogP contribution in [0, 0.1) is 34.3 Å². The monoisotopic (exact) mass is 668 g/mol. The maximum atomic E-state index is 13.9. The molecule has 0 saturated heterocycles. The van der Waals surface area contributed by atoms with Crippen LogP contribution in [-0.2, 0) is 29.0 Å². The van der Waals surface area contributed by atoms with Gasteiger partial charge in [-0.3, -0.25) is 4.79 Å². The maximum Gasteiger partial charge on any atom is 0.408 e. The number of aromatic nitrogens is 3. The highest BCUT2D eigenvalue weighted by molar-refractivity contribution is 6.00. The minimum atomic E-state index is -0.983. The van der Waals surface area contributed by atoms with E-state index in [9.17, 15) is 23.6 Å². The van der Waals surface area contributed by atoms with E-state index >= 15 is 0 Å². The lowest BCUT2D eigenvalue weighted by Crippen LogP contribution is -2.75. The minimum absolute atomic E-state index is 0.00892. The molecule has 3 heterocycles. The third-order valence-electron chi connectivity index (χ3n) is 9.48. The molecule has 0 spiro atoms. The summed E-state index contributed by atoms with van der Waals surface area (Å²) in [5, 5.41) is 19.0. The van der Waals surface area contributed by atoms with Crippen LogP contribution in [0.25, 0.3) is 22.2 Å². The number of pyridine rings is 1. The molecule has 49 heavy (non-hydrogen) atoms. The van der Waals surface area contributed by atoms with Gasteiger partial charge < -0.3 is 19.7 Å². The molecule has 2 aromatic heterocycles. The molecule has 2 amide bonds. The Hall–Kier alpha value is -5.05. The molecule has 2 bridgehead atoms. The third-order valence-corrected chi connectivity index (χ3v) is 9.48. The molecule has 0 unspecified atom stereocenters. The fourth-order valence-corrected chi connectivity index (χ4v) is 7.70. The zero-order valence-corrected chi connectivity index (χ0v) is 28.2. The first-order valence-electron chi connectivity index (χ1n) is 16.5. The number of carbonyl (C=O) groups excluding carboxylic acids is 2. The number of nitrogens with zero attached hydrogens (tertiary/aromatic N) is 5. The molecule has 0 atom stereocenters. The molecule has 4 aliphatic rings. The first-order chi connectivity index (χ1) is 23.2. The topological polar surface area (TPSA) is 122 Å². The highest BCUT2D eigenvalue weighted by Gasteiger charge is 2.69. The number of halogens is 2. The van der Waals surface area contributed by atoms with E-state index in [4.69, 9.17) is 19.6 Å². The van der Waals surface area contributed by atoms with E-state index in [0.29, 0.717) is 58.0 Å². The summed E-state index contributed by atoms with van der Waals surface area (Å²) in [5.41, 5.74) is 3.31. The van der Waals surface area contributed by atoms with E-state index in [1.54, 1.807) is 18.3 Å². The molecule has 0 radical (unpaired) electrons. The Balaban J connectivity index is 1.21. The fraction of sp³-hybridized carbons (Fsp3) is 0.432. The van der Waals surface area contributed by atoms with Crippen molar-refractivity contribution in [2.24, 2.45) is 11.3 Å². The summed E-state index contributed by atoms with van der Waals surface area (Å²) in [6.07, 6.45) is 4.41. The van der Waals surface area contributed by atoms with Crippen LogP contribution in [0.1, 0.15) is 70.7 Å². The molecule has 2 aromatic carbocycles. The van der Waals surface area contributed by atoms with Crippen molar-refractivity contribution >= 4 is 28.7 Å². The number of fused-ring (bicyclic) bond motifs is 2. The summed E-state index contributed by atoms with van der Waals surface area (Å²) in [6, 6.07) is 11.4. The number of hydrogen-bond acceptors (Lipinski definition) is 7. The Morgan fingerprint density at radius 3 is 2.57 bits per heavy atom. The lowest BCUT2D eigenvalue weighted by Gasteiger charge is -2.70. The van der Waals surface area contributed by atoms with Gasteiger partial charge in [-0.1, -0.05) is 26.0 Å². The molecule has 8 rings (SSSR count). The van der Waals surface area contributed by atoms with Crippen molar-refractivity contribution in [2.75, 3.05) is 11.5 Å². The van der Waals surface area contributed by atoms with Gasteiger partial charge in [-0.05, 0) is 93.2 Å². The van der Waals surface area contributed by atoms with E-state index in [2.05, 4.69) is 25.2 Å². The first-order valence-corrected chi connectivity index (χ1v) is 16.5.